The van der Waals surface area contributed by atoms with Gasteiger partial charge in [0.05, 0.1) is 18.8 Å². The molecule has 1 aromatic heterocycles. The predicted octanol–water partition coefficient (Wildman–Crippen LogP) is 0.861. The van der Waals surface area contributed by atoms with Crippen LogP contribution < -0.4 is 5.73 Å². The molecule has 1 fully saturated rings. The molecule has 2 rings (SSSR count). The van der Waals surface area contributed by atoms with E-state index >= 15 is 0 Å². The minimum atomic E-state index is 0.450. The molecule has 0 saturated heterocycles. The smallest absolute Gasteiger partial charge is 0.140 e. The van der Waals surface area contributed by atoms with E-state index in [1.165, 1.54) is 0 Å². The molecule has 1 saturated carbocycles. The summed E-state index contributed by atoms with van der Waals surface area (Å²) in [7, 11) is 1.63. The normalized spacial score (nSPS) is 15.2. The fourth-order valence-electron chi connectivity index (χ4n) is 1.60. The maximum Gasteiger partial charge on any atom is 0.140 e. The van der Waals surface area contributed by atoms with E-state index in [0.717, 1.165) is 18.5 Å². The number of hydrogen-bond acceptors (Lipinski definition) is 4. The van der Waals surface area contributed by atoms with Gasteiger partial charge in [-0.2, -0.15) is 10.4 Å². The van der Waals surface area contributed by atoms with Gasteiger partial charge in [0.2, 0.25) is 0 Å². The highest BCUT2D eigenvalue weighted by Gasteiger charge is 2.31. The van der Waals surface area contributed by atoms with Gasteiger partial charge in [-0.05, 0) is 12.8 Å². The molecule has 1 aliphatic carbocycles. The first-order chi connectivity index (χ1) is 7.27. The number of anilines is 1. The monoisotopic (exact) mass is 206 g/mol. The van der Waals surface area contributed by atoms with Gasteiger partial charge in [0, 0.05) is 13.0 Å². The summed E-state index contributed by atoms with van der Waals surface area (Å²) < 4.78 is 6.62. The zero-order chi connectivity index (χ0) is 10.8. The summed E-state index contributed by atoms with van der Waals surface area (Å²) in [6.45, 7) is 1.16. The summed E-state index contributed by atoms with van der Waals surface area (Å²) in [5.41, 5.74) is 7.26. The van der Waals surface area contributed by atoms with Crippen LogP contribution in [0.25, 0.3) is 0 Å². The molecule has 5 heteroatoms. The van der Waals surface area contributed by atoms with Crippen LogP contribution in [0.3, 0.4) is 0 Å². The number of nitriles is 1. The van der Waals surface area contributed by atoms with Gasteiger partial charge in [0.1, 0.15) is 17.5 Å². The van der Waals surface area contributed by atoms with Crippen LogP contribution in [-0.2, 0) is 11.3 Å². The molecule has 15 heavy (non-hydrogen) atoms. The molecule has 0 atom stereocenters. The Morgan fingerprint density at radius 2 is 2.40 bits per heavy atom. The SMILES string of the molecule is COCCn1nc(C2CC2)c(C#N)c1N. The van der Waals surface area contributed by atoms with E-state index in [1.54, 1.807) is 11.8 Å². The molecule has 0 radical (unpaired) electrons. The highest BCUT2D eigenvalue weighted by Crippen LogP contribution is 2.41. The number of nitrogens with two attached hydrogens (primary N) is 1. The summed E-state index contributed by atoms with van der Waals surface area (Å²) in [5, 5.41) is 13.4. The fraction of sp³-hybridized carbons (Fsp3) is 0.600. The van der Waals surface area contributed by atoms with Crippen LogP contribution in [0.15, 0.2) is 0 Å². The predicted molar refractivity (Wildman–Crippen MR) is 55.2 cm³/mol. The van der Waals surface area contributed by atoms with Crippen molar-refractivity contribution in [3.8, 4) is 6.07 Å². The number of ether oxygens (including phenoxy) is 1. The van der Waals surface area contributed by atoms with E-state index in [0.29, 0.717) is 30.5 Å². The molecule has 0 spiro atoms. The lowest BCUT2D eigenvalue weighted by Gasteiger charge is -2.01. The summed E-state index contributed by atoms with van der Waals surface area (Å²) in [5.74, 6) is 0.919. The molecule has 0 unspecified atom stereocenters. The standard InChI is InChI=1S/C10H14N4O/c1-15-5-4-14-10(12)8(6-11)9(13-14)7-2-3-7/h7H,2-5,12H2,1H3. The molecule has 0 bridgehead atoms. The van der Waals surface area contributed by atoms with Gasteiger partial charge in [0.25, 0.3) is 0 Å². The van der Waals surface area contributed by atoms with Crippen LogP contribution >= 0.6 is 0 Å². The van der Waals surface area contributed by atoms with Crippen LogP contribution in [0.2, 0.25) is 0 Å². The van der Waals surface area contributed by atoms with Gasteiger partial charge in [0.15, 0.2) is 0 Å². The fourth-order valence-corrected chi connectivity index (χ4v) is 1.60. The zero-order valence-electron chi connectivity index (χ0n) is 8.73. The highest BCUT2D eigenvalue weighted by molar-refractivity contribution is 5.53. The lowest BCUT2D eigenvalue weighted by atomic mass is 10.2. The van der Waals surface area contributed by atoms with Crippen molar-refractivity contribution < 1.29 is 4.74 Å². The highest BCUT2D eigenvalue weighted by atomic mass is 16.5. The minimum Gasteiger partial charge on any atom is -0.383 e. The Morgan fingerprint density at radius 3 is 2.93 bits per heavy atom. The van der Waals surface area contributed by atoms with Gasteiger partial charge < -0.3 is 10.5 Å². The first kappa shape index (κ1) is 9.99. The number of hydrogen-bond donors (Lipinski definition) is 1. The third kappa shape index (κ3) is 1.81. The minimum absolute atomic E-state index is 0.450. The average molecular weight is 206 g/mol. The maximum absolute atomic E-state index is 9.00. The maximum atomic E-state index is 9.00. The van der Waals surface area contributed by atoms with Crippen molar-refractivity contribution in [1.82, 2.24) is 9.78 Å². The Balaban J connectivity index is 2.28. The third-order valence-corrected chi connectivity index (χ3v) is 2.60. The molecule has 0 aromatic carbocycles. The number of rotatable bonds is 4. The molecule has 2 N–H and O–H groups in total. The lowest BCUT2D eigenvalue weighted by molar-refractivity contribution is 0.184. The van der Waals surface area contributed by atoms with Crippen molar-refractivity contribution in [3.63, 3.8) is 0 Å². The number of methoxy groups -OCH3 is 1. The molecule has 5 nitrogen and oxygen atoms in total. The van der Waals surface area contributed by atoms with Gasteiger partial charge in [-0.3, -0.25) is 0 Å². The first-order valence-corrected chi connectivity index (χ1v) is 5.03. The molecule has 1 aliphatic rings. The summed E-state index contributed by atoms with van der Waals surface area (Å²) in [6, 6.07) is 2.13. The summed E-state index contributed by atoms with van der Waals surface area (Å²) in [6.07, 6.45) is 2.24. The van der Waals surface area contributed by atoms with Crippen molar-refractivity contribution in [2.75, 3.05) is 19.5 Å². The second-order valence-corrected chi connectivity index (χ2v) is 3.75. The number of nitrogen functional groups attached to an aromatic ring is 1. The molecular formula is C10H14N4O. The molecule has 80 valence electrons. The molecule has 0 amide bonds. The van der Waals surface area contributed by atoms with Gasteiger partial charge in [-0.1, -0.05) is 0 Å². The van der Waals surface area contributed by atoms with Crippen LogP contribution in [0.5, 0.6) is 0 Å². The topological polar surface area (TPSA) is 76.9 Å². The molecule has 1 heterocycles. The quantitative estimate of drug-likeness (QED) is 0.792. The Bertz CT molecular complexity index is 400. The Morgan fingerprint density at radius 1 is 1.67 bits per heavy atom. The second kappa shape index (κ2) is 3.91. The van der Waals surface area contributed by atoms with E-state index in [-0.39, 0.29) is 0 Å². The number of aromatic nitrogens is 2. The number of nitrogens with zero attached hydrogens (tertiary/aromatic N) is 3. The molecule has 0 aliphatic heterocycles. The Labute approximate surface area is 88.4 Å². The largest absolute Gasteiger partial charge is 0.383 e. The lowest BCUT2D eigenvalue weighted by Crippen LogP contribution is -2.09. The van der Waals surface area contributed by atoms with E-state index in [1.807, 2.05) is 0 Å². The van der Waals surface area contributed by atoms with Gasteiger partial charge >= 0.3 is 0 Å². The van der Waals surface area contributed by atoms with Gasteiger partial charge in [-0.15, -0.1) is 0 Å². The second-order valence-electron chi connectivity index (χ2n) is 3.75. The van der Waals surface area contributed by atoms with Crippen LogP contribution in [0.1, 0.15) is 30.0 Å². The van der Waals surface area contributed by atoms with Crippen molar-refractivity contribution in [3.05, 3.63) is 11.3 Å². The molecule has 1 aromatic rings. The van der Waals surface area contributed by atoms with E-state index in [2.05, 4.69) is 11.2 Å². The van der Waals surface area contributed by atoms with Crippen LogP contribution in [-0.4, -0.2) is 23.5 Å². The molecular weight excluding hydrogens is 192 g/mol. The summed E-state index contributed by atoms with van der Waals surface area (Å²) >= 11 is 0. The van der Waals surface area contributed by atoms with Crippen molar-refractivity contribution in [2.45, 2.75) is 25.3 Å². The zero-order valence-corrected chi connectivity index (χ0v) is 8.73. The van der Waals surface area contributed by atoms with E-state index in [9.17, 15) is 0 Å². The van der Waals surface area contributed by atoms with E-state index in [4.69, 9.17) is 15.7 Å². The van der Waals surface area contributed by atoms with Crippen molar-refractivity contribution in [1.29, 1.82) is 5.26 Å². The van der Waals surface area contributed by atoms with Crippen molar-refractivity contribution >= 4 is 5.82 Å². The van der Waals surface area contributed by atoms with E-state index < -0.39 is 0 Å². The van der Waals surface area contributed by atoms with Gasteiger partial charge in [-0.25, -0.2) is 4.68 Å². The first-order valence-electron chi connectivity index (χ1n) is 5.03. The van der Waals surface area contributed by atoms with Crippen molar-refractivity contribution in [2.24, 2.45) is 0 Å². The summed E-state index contributed by atoms with van der Waals surface area (Å²) in [4.78, 5) is 0. The third-order valence-electron chi connectivity index (χ3n) is 2.60. The Hall–Kier alpha value is -1.54. The average Bonchev–Trinajstić information content (AvgIpc) is 3.02. The van der Waals surface area contributed by atoms with Crippen LogP contribution in [0, 0.1) is 11.3 Å². The van der Waals surface area contributed by atoms with Crippen LogP contribution in [0.4, 0.5) is 5.82 Å². The Kier molecular flexibility index (Phi) is 2.60.